The number of nitrogens with one attached hydrogen (secondary N) is 1. The van der Waals surface area contributed by atoms with Crippen molar-refractivity contribution < 1.29 is 14.3 Å². The molecule has 0 saturated carbocycles. The third-order valence-electron chi connectivity index (χ3n) is 5.19. The molecule has 4 rings (SSSR count). The number of rotatable bonds is 4. The van der Waals surface area contributed by atoms with Crippen molar-refractivity contribution in [3.63, 3.8) is 0 Å². The Labute approximate surface area is 168 Å². The molecule has 0 aromatic carbocycles. The van der Waals surface area contributed by atoms with E-state index in [2.05, 4.69) is 15.2 Å². The lowest BCUT2D eigenvalue weighted by Gasteiger charge is -2.31. The Morgan fingerprint density at radius 1 is 1.18 bits per heavy atom. The number of hydrogen-bond acceptors (Lipinski definition) is 6. The molecule has 2 aromatic rings. The van der Waals surface area contributed by atoms with Crippen molar-refractivity contribution in [2.24, 2.45) is 5.92 Å². The van der Waals surface area contributed by atoms with Crippen LogP contribution in [-0.4, -0.2) is 61.1 Å². The number of morpholine rings is 1. The van der Waals surface area contributed by atoms with E-state index in [0.717, 1.165) is 49.7 Å². The van der Waals surface area contributed by atoms with Crippen LogP contribution in [0.5, 0.6) is 0 Å². The molecule has 0 radical (unpaired) electrons. The van der Waals surface area contributed by atoms with E-state index >= 15 is 0 Å². The van der Waals surface area contributed by atoms with Crippen molar-refractivity contribution in [1.82, 2.24) is 9.88 Å². The number of piperidine rings is 1. The number of hydrogen-bond donors (Lipinski definition) is 1. The van der Waals surface area contributed by atoms with E-state index in [1.54, 1.807) is 11.1 Å². The number of carbonyl (C=O) groups is 2. The van der Waals surface area contributed by atoms with Gasteiger partial charge < -0.3 is 19.9 Å². The number of aromatic nitrogens is 1. The topological polar surface area (TPSA) is 74.8 Å². The van der Waals surface area contributed by atoms with Crippen LogP contribution >= 0.6 is 11.3 Å². The molecule has 148 valence electrons. The number of anilines is 2. The Kier molecular flexibility index (Phi) is 5.87. The number of carbonyl (C=O) groups excluding carboxylic acids is 2. The van der Waals surface area contributed by atoms with Crippen molar-refractivity contribution in [2.45, 2.75) is 12.8 Å². The molecule has 4 heterocycles. The Morgan fingerprint density at radius 3 is 2.75 bits per heavy atom. The summed E-state index contributed by atoms with van der Waals surface area (Å²) in [5.41, 5.74) is 1.03. The molecule has 0 bridgehead atoms. The molecule has 7 nitrogen and oxygen atoms in total. The molecular weight excluding hydrogens is 376 g/mol. The second-order valence-electron chi connectivity index (χ2n) is 7.06. The summed E-state index contributed by atoms with van der Waals surface area (Å²) in [6.45, 7) is 4.30. The molecular formula is C20H24N4O3S. The third-order valence-corrected chi connectivity index (χ3v) is 6.04. The van der Waals surface area contributed by atoms with Crippen LogP contribution < -0.4 is 10.2 Å². The summed E-state index contributed by atoms with van der Waals surface area (Å²) in [5, 5.41) is 4.80. The van der Waals surface area contributed by atoms with Gasteiger partial charge >= 0.3 is 0 Å². The lowest BCUT2D eigenvalue weighted by molar-refractivity contribution is -0.121. The summed E-state index contributed by atoms with van der Waals surface area (Å²) in [7, 11) is 0. The minimum absolute atomic E-state index is 0.0143. The second-order valence-corrected chi connectivity index (χ2v) is 8.01. The summed E-state index contributed by atoms with van der Waals surface area (Å²) in [6.07, 6.45) is 3.40. The Balaban J connectivity index is 1.34. The van der Waals surface area contributed by atoms with Gasteiger partial charge in [-0.25, -0.2) is 4.98 Å². The number of nitrogens with zero attached hydrogens (tertiary/aromatic N) is 3. The fraction of sp³-hybridized carbons (Fsp3) is 0.450. The van der Waals surface area contributed by atoms with Crippen molar-refractivity contribution in [2.75, 3.05) is 49.6 Å². The molecule has 0 spiro atoms. The predicted octanol–water partition coefficient (Wildman–Crippen LogP) is 2.47. The van der Waals surface area contributed by atoms with Crippen LogP contribution in [0, 0.1) is 5.92 Å². The van der Waals surface area contributed by atoms with Gasteiger partial charge in [0.25, 0.3) is 5.91 Å². The minimum atomic E-state index is -0.210. The van der Waals surface area contributed by atoms with Crippen LogP contribution in [0.4, 0.5) is 11.5 Å². The van der Waals surface area contributed by atoms with E-state index in [-0.39, 0.29) is 17.7 Å². The van der Waals surface area contributed by atoms with Crippen LogP contribution in [0.3, 0.4) is 0 Å². The lowest BCUT2D eigenvalue weighted by atomic mass is 9.97. The van der Waals surface area contributed by atoms with Crippen LogP contribution in [0.15, 0.2) is 35.8 Å². The van der Waals surface area contributed by atoms with Crippen molar-refractivity contribution in [3.8, 4) is 0 Å². The summed E-state index contributed by atoms with van der Waals surface area (Å²) in [6, 6.07) is 7.51. The third kappa shape index (κ3) is 4.34. The standard InChI is InChI=1S/C20H24N4O3S/c25-19(15-3-1-7-24(14-15)20(26)17-4-2-12-28-17)22-18-6-5-16(13-21-18)23-8-10-27-11-9-23/h2,4-6,12-13,15H,1,3,7-11,14H2,(H,21,22,25). The average Bonchev–Trinajstić information content (AvgIpc) is 3.29. The van der Waals surface area contributed by atoms with Crippen LogP contribution in [0.25, 0.3) is 0 Å². The first-order valence-electron chi connectivity index (χ1n) is 9.63. The zero-order chi connectivity index (χ0) is 19.3. The molecule has 1 atom stereocenters. The number of thiophene rings is 1. The zero-order valence-electron chi connectivity index (χ0n) is 15.7. The van der Waals surface area contributed by atoms with Gasteiger partial charge in [-0.2, -0.15) is 0 Å². The summed E-state index contributed by atoms with van der Waals surface area (Å²) >= 11 is 1.44. The molecule has 2 aliphatic heterocycles. The van der Waals surface area contributed by atoms with Gasteiger partial charge in [0.2, 0.25) is 5.91 Å². The fourth-order valence-corrected chi connectivity index (χ4v) is 4.32. The minimum Gasteiger partial charge on any atom is -0.378 e. The first-order valence-corrected chi connectivity index (χ1v) is 10.5. The molecule has 2 aromatic heterocycles. The second kappa shape index (κ2) is 8.70. The van der Waals surface area contributed by atoms with E-state index in [4.69, 9.17) is 4.74 Å². The molecule has 2 aliphatic rings. The highest BCUT2D eigenvalue weighted by Gasteiger charge is 2.29. The maximum Gasteiger partial charge on any atom is 0.263 e. The van der Waals surface area contributed by atoms with Gasteiger partial charge in [0.1, 0.15) is 5.82 Å². The van der Waals surface area contributed by atoms with Crippen LogP contribution in [0.2, 0.25) is 0 Å². The molecule has 8 heteroatoms. The van der Waals surface area contributed by atoms with Gasteiger partial charge in [-0.3, -0.25) is 9.59 Å². The molecule has 2 saturated heterocycles. The van der Waals surface area contributed by atoms with Crippen LogP contribution in [0.1, 0.15) is 22.5 Å². The molecule has 2 fully saturated rings. The first-order chi connectivity index (χ1) is 13.7. The van der Waals surface area contributed by atoms with Gasteiger partial charge in [-0.15, -0.1) is 11.3 Å². The van der Waals surface area contributed by atoms with Crippen molar-refractivity contribution >= 4 is 34.7 Å². The largest absolute Gasteiger partial charge is 0.378 e. The maximum atomic E-state index is 12.7. The Bertz CT molecular complexity index is 803. The van der Waals surface area contributed by atoms with Gasteiger partial charge in [-0.05, 0) is 36.4 Å². The van der Waals surface area contributed by atoms with Gasteiger partial charge in [0.15, 0.2) is 0 Å². The summed E-state index contributed by atoms with van der Waals surface area (Å²) < 4.78 is 5.37. The number of ether oxygens (including phenoxy) is 1. The summed E-state index contributed by atoms with van der Waals surface area (Å²) in [5.74, 6) is 0.276. The monoisotopic (exact) mass is 400 g/mol. The number of amides is 2. The van der Waals surface area contributed by atoms with E-state index in [1.165, 1.54) is 11.3 Å². The smallest absolute Gasteiger partial charge is 0.263 e. The van der Waals surface area contributed by atoms with Crippen molar-refractivity contribution in [3.05, 3.63) is 40.7 Å². The lowest BCUT2D eigenvalue weighted by Crippen LogP contribution is -2.43. The fourth-order valence-electron chi connectivity index (χ4n) is 3.63. The maximum absolute atomic E-state index is 12.7. The van der Waals surface area contributed by atoms with E-state index in [0.29, 0.717) is 18.9 Å². The molecule has 2 amide bonds. The number of pyridine rings is 1. The highest BCUT2D eigenvalue weighted by molar-refractivity contribution is 7.12. The molecule has 1 N–H and O–H groups in total. The SMILES string of the molecule is O=C(Nc1ccc(N2CCOCC2)cn1)C1CCCN(C(=O)c2cccs2)C1. The highest BCUT2D eigenvalue weighted by Crippen LogP contribution is 2.22. The zero-order valence-corrected chi connectivity index (χ0v) is 16.5. The van der Waals surface area contributed by atoms with Crippen molar-refractivity contribution in [1.29, 1.82) is 0 Å². The predicted molar refractivity (Wildman–Crippen MR) is 109 cm³/mol. The van der Waals surface area contributed by atoms with Gasteiger partial charge in [0.05, 0.1) is 35.9 Å². The molecule has 28 heavy (non-hydrogen) atoms. The Hall–Kier alpha value is -2.45. The van der Waals surface area contributed by atoms with Gasteiger partial charge in [0, 0.05) is 26.2 Å². The normalized spacial score (nSPS) is 20.1. The number of likely N-dealkylation sites (tertiary alicyclic amines) is 1. The molecule has 0 aliphatic carbocycles. The average molecular weight is 401 g/mol. The van der Waals surface area contributed by atoms with Crippen LogP contribution in [-0.2, 0) is 9.53 Å². The van der Waals surface area contributed by atoms with E-state index in [1.807, 2.05) is 29.6 Å². The van der Waals surface area contributed by atoms with E-state index < -0.39 is 0 Å². The van der Waals surface area contributed by atoms with Gasteiger partial charge in [-0.1, -0.05) is 6.07 Å². The Morgan fingerprint density at radius 2 is 2.04 bits per heavy atom. The molecule has 1 unspecified atom stereocenters. The highest BCUT2D eigenvalue weighted by atomic mass is 32.1. The quantitative estimate of drug-likeness (QED) is 0.853. The summed E-state index contributed by atoms with van der Waals surface area (Å²) in [4.78, 5) is 34.4. The van der Waals surface area contributed by atoms with E-state index in [9.17, 15) is 9.59 Å². The first kappa shape index (κ1) is 18.9.